The largest absolute Gasteiger partial charge is 0.496 e. The van der Waals surface area contributed by atoms with Crippen LogP contribution in [-0.4, -0.2) is 36.2 Å². The van der Waals surface area contributed by atoms with E-state index in [2.05, 4.69) is 21.6 Å². The quantitative estimate of drug-likeness (QED) is 0.644. The Bertz CT molecular complexity index is 936. The predicted molar refractivity (Wildman–Crippen MR) is 117 cm³/mol. The molecule has 2 aliphatic rings. The van der Waals surface area contributed by atoms with Crippen LogP contribution in [-0.2, 0) is 12.7 Å². The molecule has 0 saturated carbocycles. The molecule has 2 aromatic carbocycles. The number of rotatable bonds is 5. The second-order valence-corrected chi connectivity index (χ2v) is 8.53. The molecule has 5 nitrogen and oxygen atoms in total. The van der Waals surface area contributed by atoms with E-state index in [0.717, 1.165) is 56.0 Å². The first-order chi connectivity index (χ1) is 15.3. The van der Waals surface area contributed by atoms with E-state index >= 15 is 0 Å². The number of benzene rings is 2. The number of nitrogens with one attached hydrogen (secondary N) is 2. The Morgan fingerprint density at radius 3 is 2.41 bits per heavy atom. The molecule has 2 saturated heterocycles. The Labute approximate surface area is 185 Å². The topological polar surface area (TPSA) is 53.6 Å². The molecular formula is C24H28F3N3O2. The molecule has 2 aliphatic heterocycles. The van der Waals surface area contributed by atoms with Gasteiger partial charge in [-0.05, 0) is 43.9 Å². The second-order valence-electron chi connectivity index (χ2n) is 8.53. The zero-order valence-corrected chi connectivity index (χ0v) is 18.0. The number of hydrogen-bond acceptors (Lipinski definition) is 3. The SMILES string of the molecule is COc1ccccc1CN1C2CCCC1CC(NC(=O)Nc1ccccc1C(F)(F)F)C2. The van der Waals surface area contributed by atoms with Crippen molar-refractivity contribution in [3.63, 3.8) is 0 Å². The van der Waals surface area contributed by atoms with Gasteiger partial charge in [0, 0.05) is 30.2 Å². The third-order valence-corrected chi connectivity index (χ3v) is 6.49. The molecule has 0 aliphatic carbocycles. The number of methoxy groups -OCH3 is 1. The van der Waals surface area contributed by atoms with E-state index in [-0.39, 0.29) is 11.7 Å². The molecule has 2 amide bonds. The number of nitrogens with zero attached hydrogens (tertiary/aromatic N) is 1. The molecule has 2 bridgehead atoms. The first kappa shape index (κ1) is 22.5. The maximum absolute atomic E-state index is 13.2. The first-order valence-corrected chi connectivity index (χ1v) is 11.0. The van der Waals surface area contributed by atoms with Gasteiger partial charge >= 0.3 is 12.2 Å². The molecule has 2 atom stereocenters. The number of carbonyl (C=O) groups is 1. The van der Waals surface area contributed by atoms with E-state index in [1.54, 1.807) is 7.11 Å². The second kappa shape index (κ2) is 9.40. The van der Waals surface area contributed by atoms with Gasteiger partial charge in [0.2, 0.25) is 0 Å². The third kappa shape index (κ3) is 5.01. The van der Waals surface area contributed by atoms with Crippen molar-refractivity contribution in [3.8, 4) is 5.75 Å². The average Bonchev–Trinajstić information content (AvgIpc) is 2.74. The van der Waals surface area contributed by atoms with Gasteiger partial charge in [-0.25, -0.2) is 4.79 Å². The maximum Gasteiger partial charge on any atom is 0.418 e. The Hall–Kier alpha value is -2.74. The van der Waals surface area contributed by atoms with E-state index in [1.165, 1.54) is 18.2 Å². The highest BCUT2D eigenvalue weighted by atomic mass is 19.4. The number of alkyl halides is 3. The van der Waals surface area contributed by atoms with Crippen LogP contribution in [0, 0.1) is 0 Å². The Morgan fingerprint density at radius 2 is 1.72 bits per heavy atom. The molecular weight excluding hydrogens is 419 g/mol. The molecule has 2 aromatic rings. The van der Waals surface area contributed by atoms with Crippen molar-refractivity contribution in [2.75, 3.05) is 12.4 Å². The number of piperidine rings is 2. The first-order valence-electron chi connectivity index (χ1n) is 11.0. The van der Waals surface area contributed by atoms with Crippen LogP contribution in [0.25, 0.3) is 0 Å². The molecule has 4 rings (SSSR count). The summed E-state index contributed by atoms with van der Waals surface area (Å²) in [5.74, 6) is 0.869. The fourth-order valence-corrected chi connectivity index (χ4v) is 5.07. The molecule has 2 heterocycles. The van der Waals surface area contributed by atoms with Gasteiger partial charge in [-0.1, -0.05) is 36.8 Å². The van der Waals surface area contributed by atoms with Crippen molar-refractivity contribution in [1.82, 2.24) is 10.2 Å². The van der Waals surface area contributed by atoms with Gasteiger partial charge in [0.1, 0.15) is 5.75 Å². The summed E-state index contributed by atoms with van der Waals surface area (Å²) in [5.41, 5.74) is 0.0600. The highest BCUT2D eigenvalue weighted by Gasteiger charge is 2.39. The smallest absolute Gasteiger partial charge is 0.418 e. The number of anilines is 1. The molecule has 2 N–H and O–H groups in total. The number of halogens is 3. The lowest BCUT2D eigenvalue weighted by atomic mass is 9.81. The maximum atomic E-state index is 13.2. The number of carbonyl (C=O) groups excluding carboxylic acids is 1. The van der Waals surface area contributed by atoms with Gasteiger partial charge in [0.05, 0.1) is 18.4 Å². The summed E-state index contributed by atoms with van der Waals surface area (Å²) >= 11 is 0. The van der Waals surface area contributed by atoms with Crippen LogP contribution in [0.1, 0.15) is 43.2 Å². The number of hydrogen-bond donors (Lipinski definition) is 2. The molecule has 2 unspecified atom stereocenters. The lowest BCUT2D eigenvalue weighted by Crippen LogP contribution is -2.56. The van der Waals surface area contributed by atoms with E-state index in [1.807, 2.05) is 18.2 Å². The number of ether oxygens (including phenoxy) is 1. The average molecular weight is 448 g/mol. The van der Waals surface area contributed by atoms with Crippen molar-refractivity contribution in [3.05, 3.63) is 59.7 Å². The third-order valence-electron chi connectivity index (χ3n) is 6.49. The minimum Gasteiger partial charge on any atom is -0.496 e. The summed E-state index contributed by atoms with van der Waals surface area (Å²) in [6.45, 7) is 0.789. The van der Waals surface area contributed by atoms with Gasteiger partial charge < -0.3 is 15.4 Å². The summed E-state index contributed by atoms with van der Waals surface area (Å²) in [7, 11) is 1.67. The molecule has 172 valence electrons. The van der Waals surface area contributed by atoms with Gasteiger partial charge in [-0.15, -0.1) is 0 Å². The molecule has 0 aromatic heterocycles. The molecule has 2 fully saturated rings. The van der Waals surface area contributed by atoms with Gasteiger partial charge in [0.25, 0.3) is 0 Å². The van der Waals surface area contributed by atoms with Crippen LogP contribution in [0.15, 0.2) is 48.5 Å². The van der Waals surface area contributed by atoms with Crippen molar-refractivity contribution in [1.29, 1.82) is 0 Å². The predicted octanol–water partition coefficient (Wildman–Crippen LogP) is 5.42. The Kier molecular flexibility index (Phi) is 6.60. The van der Waals surface area contributed by atoms with E-state index in [4.69, 9.17) is 4.74 Å². The summed E-state index contributed by atoms with van der Waals surface area (Å²) in [6.07, 6.45) is 0.269. The zero-order chi connectivity index (χ0) is 22.7. The number of para-hydroxylation sites is 2. The zero-order valence-electron chi connectivity index (χ0n) is 18.0. The van der Waals surface area contributed by atoms with Gasteiger partial charge in [0.15, 0.2) is 0 Å². The molecule has 32 heavy (non-hydrogen) atoms. The van der Waals surface area contributed by atoms with Crippen LogP contribution < -0.4 is 15.4 Å². The summed E-state index contributed by atoms with van der Waals surface area (Å²) in [6, 6.07) is 13.0. The Balaban J connectivity index is 1.40. The summed E-state index contributed by atoms with van der Waals surface area (Å²) in [5, 5.41) is 5.31. The van der Waals surface area contributed by atoms with Gasteiger partial charge in [-0.2, -0.15) is 13.2 Å². The van der Waals surface area contributed by atoms with E-state index in [0.29, 0.717) is 12.1 Å². The number of urea groups is 1. The van der Waals surface area contributed by atoms with E-state index in [9.17, 15) is 18.0 Å². The van der Waals surface area contributed by atoms with Crippen molar-refractivity contribution in [2.24, 2.45) is 0 Å². The van der Waals surface area contributed by atoms with Crippen molar-refractivity contribution >= 4 is 11.7 Å². The summed E-state index contributed by atoms with van der Waals surface area (Å²) in [4.78, 5) is 15.0. The van der Waals surface area contributed by atoms with Crippen molar-refractivity contribution < 1.29 is 22.7 Å². The van der Waals surface area contributed by atoms with Crippen LogP contribution in [0.2, 0.25) is 0 Å². The number of amides is 2. The summed E-state index contributed by atoms with van der Waals surface area (Å²) < 4.78 is 45.1. The molecule has 0 radical (unpaired) electrons. The van der Waals surface area contributed by atoms with Crippen LogP contribution in [0.3, 0.4) is 0 Å². The fourth-order valence-electron chi connectivity index (χ4n) is 5.07. The lowest BCUT2D eigenvalue weighted by molar-refractivity contribution is -0.136. The monoisotopic (exact) mass is 447 g/mol. The van der Waals surface area contributed by atoms with Crippen LogP contribution in [0.5, 0.6) is 5.75 Å². The number of fused-ring (bicyclic) bond motifs is 2. The van der Waals surface area contributed by atoms with E-state index < -0.39 is 17.8 Å². The Morgan fingerprint density at radius 1 is 1.06 bits per heavy atom. The van der Waals surface area contributed by atoms with Gasteiger partial charge in [-0.3, -0.25) is 4.90 Å². The van der Waals surface area contributed by atoms with Crippen LogP contribution >= 0.6 is 0 Å². The standard InChI is InChI=1S/C24H28F3N3O2/c1-32-22-12-5-2-7-16(22)15-30-18-8-6-9-19(30)14-17(13-18)28-23(31)29-21-11-4-3-10-20(21)24(25,26)27/h2-5,7,10-12,17-19H,6,8-9,13-15H2,1H3,(H2,28,29,31). The highest BCUT2D eigenvalue weighted by molar-refractivity contribution is 5.90. The minimum absolute atomic E-state index is 0.0720. The highest BCUT2D eigenvalue weighted by Crippen LogP contribution is 2.37. The molecule has 8 heteroatoms. The van der Waals surface area contributed by atoms with Crippen molar-refractivity contribution in [2.45, 2.75) is 63.0 Å². The lowest BCUT2D eigenvalue weighted by Gasteiger charge is -2.49. The fraction of sp³-hybridized carbons (Fsp3) is 0.458. The molecule has 0 spiro atoms. The normalized spacial score (nSPS) is 23.4. The van der Waals surface area contributed by atoms with Crippen LogP contribution in [0.4, 0.5) is 23.7 Å². The minimum atomic E-state index is -4.52.